The largest absolute Gasteiger partial charge is 0.444 e. The van der Waals surface area contributed by atoms with Crippen LogP contribution in [0.2, 0.25) is 0 Å². The third kappa shape index (κ3) is 6.46. The van der Waals surface area contributed by atoms with Gasteiger partial charge in [-0.05, 0) is 106 Å². The molecule has 47 heavy (non-hydrogen) atoms. The molecule has 2 aliphatic carbocycles. The lowest BCUT2D eigenvalue weighted by molar-refractivity contribution is 0.0200. The fraction of sp³-hybridized carbons (Fsp3) is 0.571. The van der Waals surface area contributed by atoms with Crippen LogP contribution >= 0.6 is 0 Å². The van der Waals surface area contributed by atoms with Gasteiger partial charge in [-0.3, -0.25) is 14.2 Å². The molecule has 3 N–H and O–H groups in total. The zero-order valence-corrected chi connectivity index (χ0v) is 28.6. The highest BCUT2D eigenvalue weighted by Crippen LogP contribution is 2.44. The summed E-state index contributed by atoms with van der Waals surface area (Å²) in [6.45, 7) is 14.7. The molecule has 2 aromatic heterocycles. The van der Waals surface area contributed by atoms with Gasteiger partial charge in [0.2, 0.25) is 5.95 Å². The van der Waals surface area contributed by atoms with Gasteiger partial charge in [-0.15, -0.1) is 0 Å². The minimum atomic E-state index is -0.736. The summed E-state index contributed by atoms with van der Waals surface area (Å²) in [7, 11) is 0. The molecule has 0 spiro atoms. The van der Waals surface area contributed by atoms with Crippen LogP contribution in [-0.2, 0) is 15.0 Å². The van der Waals surface area contributed by atoms with Crippen molar-refractivity contribution in [3.63, 3.8) is 0 Å². The maximum atomic E-state index is 14.1. The number of alkyl carbamates (subject to hydrolysis) is 1. The number of ether oxygens (including phenoxy) is 2. The smallest absolute Gasteiger partial charge is 0.417 e. The lowest BCUT2D eigenvalue weighted by Crippen LogP contribution is -2.43. The lowest BCUT2D eigenvalue weighted by atomic mass is 9.91. The molecule has 0 unspecified atom stereocenters. The number of imide groups is 1. The van der Waals surface area contributed by atoms with Crippen molar-refractivity contribution in [3.8, 4) is 11.3 Å². The van der Waals surface area contributed by atoms with Crippen molar-refractivity contribution in [2.45, 2.75) is 129 Å². The van der Waals surface area contributed by atoms with Crippen LogP contribution in [-0.4, -0.2) is 60.8 Å². The number of anilines is 1. The van der Waals surface area contributed by atoms with E-state index in [1.54, 1.807) is 39.8 Å². The van der Waals surface area contributed by atoms with Gasteiger partial charge >= 0.3 is 12.2 Å². The molecule has 6 rings (SSSR count). The Balaban J connectivity index is 1.28. The van der Waals surface area contributed by atoms with Gasteiger partial charge in [0.05, 0.1) is 28.2 Å². The third-order valence-corrected chi connectivity index (χ3v) is 9.18. The number of hydrogen-bond acceptors (Lipinski definition) is 8. The molecule has 0 saturated heterocycles. The van der Waals surface area contributed by atoms with E-state index in [0.29, 0.717) is 39.4 Å². The van der Waals surface area contributed by atoms with Gasteiger partial charge in [0.15, 0.2) is 0 Å². The van der Waals surface area contributed by atoms with Gasteiger partial charge < -0.3 is 25.1 Å². The summed E-state index contributed by atoms with van der Waals surface area (Å²) in [5.74, 6) is 0.0960. The molecule has 1 aromatic carbocycles. The first kappa shape index (κ1) is 32.6. The van der Waals surface area contributed by atoms with Crippen LogP contribution in [0.15, 0.2) is 29.1 Å². The highest BCUT2D eigenvalue weighted by molar-refractivity contribution is 6.08. The number of carbonyl (C=O) groups excluding carboxylic acids is 3. The third-order valence-electron chi connectivity index (χ3n) is 9.18. The number of amides is 3. The second-order valence-electron chi connectivity index (χ2n) is 15.5. The molecule has 12 heteroatoms. The Morgan fingerprint density at radius 3 is 2.19 bits per heavy atom. The van der Waals surface area contributed by atoms with E-state index in [2.05, 4.69) is 22.5 Å². The first-order valence-electron chi connectivity index (χ1n) is 16.6. The Morgan fingerprint density at radius 2 is 1.60 bits per heavy atom. The number of para-hydroxylation sites is 1. The number of fused-ring (bicyclic) bond motifs is 2. The summed E-state index contributed by atoms with van der Waals surface area (Å²) in [6.07, 6.45) is 3.82. The van der Waals surface area contributed by atoms with Gasteiger partial charge in [0.25, 0.3) is 11.5 Å². The highest BCUT2D eigenvalue weighted by atomic mass is 16.6. The predicted octanol–water partition coefficient (Wildman–Crippen LogP) is 6.60. The summed E-state index contributed by atoms with van der Waals surface area (Å²) in [6, 6.07) is 6.79. The van der Waals surface area contributed by atoms with E-state index in [0.717, 1.165) is 43.4 Å². The number of nitrogens with zero attached hydrogens (tertiary/aromatic N) is 3. The maximum absolute atomic E-state index is 14.1. The van der Waals surface area contributed by atoms with Crippen LogP contribution in [0.4, 0.5) is 15.5 Å². The SMILES string of the molecule is C[C@@H]1c2[nH]c(-c3cccc4c(=O)n(C5(C)CC5)c(NC5CCC(NC(=O)OC(C)(C)C)CC5)nc34)cc2C(=O)N1C(=O)OC(C)(C)C. The van der Waals surface area contributed by atoms with Crippen molar-refractivity contribution < 1.29 is 23.9 Å². The average Bonchev–Trinajstić information content (AvgIpc) is 3.45. The fourth-order valence-electron chi connectivity index (χ4n) is 6.58. The van der Waals surface area contributed by atoms with E-state index in [9.17, 15) is 19.2 Å². The van der Waals surface area contributed by atoms with Crippen LogP contribution < -0.4 is 16.2 Å². The van der Waals surface area contributed by atoms with Crippen molar-refractivity contribution >= 4 is 34.9 Å². The van der Waals surface area contributed by atoms with Gasteiger partial charge in [0.1, 0.15) is 11.2 Å². The molecule has 0 radical (unpaired) electrons. The second-order valence-corrected chi connectivity index (χ2v) is 15.5. The molecular formula is C35H46N6O6. The second kappa shape index (κ2) is 11.4. The average molecular weight is 647 g/mol. The number of aromatic amines is 1. The normalized spacial score (nSPS) is 22.2. The Kier molecular flexibility index (Phi) is 7.91. The van der Waals surface area contributed by atoms with E-state index >= 15 is 0 Å². The van der Waals surface area contributed by atoms with Crippen molar-refractivity contribution in [2.75, 3.05) is 5.32 Å². The summed E-state index contributed by atoms with van der Waals surface area (Å²) in [4.78, 5) is 62.2. The molecule has 2 fully saturated rings. The zero-order chi connectivity index (χ0) is 34.1. The molecule has 1 atom stereocenters. The molecular weight excluding hydrogens is 600 g/mol. The minimum Gasteiger partial charge on any atom is -0.444 e. The number of carbonyl (C=O) groups is 3. The van der Waals surface area contributed by atoms with Crippen LogP contribution in [0.3, 0.4) is 0 Å². The summed E-state index contributed by atoms with van der Waals surface area (Å²) in [5.41, 5.74) is 1.16. The molecule has 12 nitrogen and oxygen atoms in total. The van der Waals surface area contributed by atoms with Crippen LogP contribution in [0.1, 0.15) is 116 Å². The Morgan fingerprint density at radius 1 is 0.957 bits per heavy atom. The first-order chi connectivity index (χ1) is 21.9. The van der Waals surface area contributed by atoms with Crippen molar-refractivity contribution in [2.24, 2.45) is 0 Å². The van der Waals surface area contributed by atoms with E-state index in [1.165, 1.54) is 0 Å². The summed E-state index contributed by atoms with van der Waals surface area (Å²) < 4.78 is 12.7. The fourth-order valence-corrected chi connectivity index (χ4v) is 6.58. The van der Waals surface area contributed by atoms with Gasteiger partial charge in [-0.25, -0.2) is 19.5 Å². The maximum Gasteiger partial charge on any atom is 0.417 e. The van der Waals surface area contributed by atoms with E-state index in [4.69, 9.17) is 14.5 Å². The first-order valence-corrected chi connectivity index (χ1v) is 16.6. The number of aromatic nitrogens is 3. The zero-order valence-electron chi connectivity index (χ0n) is 28.6. The van der Waals surface area contributed by atoms with Gasteiger partial charge in [-0.1, -0.05) is 12.1 Å². The summed E-state index contributed by atoms with van der Waals surface area (Å²) in [5, 5.41) is 7.08. The Hall–Kier alpha value is -4.35. The van der Waals surface area contributed by atoms with Crippen LogP contribution in [0.5, 0.6) is 0 Å². The molecule has 3 aliphatic rings. The van der Waals surface area contributed by atoms with Crippen molar-refractivity contribution in [1.29, 1.82) is 0 Å². The quantitative estimate of drug-likeness (QED) is 0.281. The van der Waals surface area contributed by atoms with E-state index in [-0.39, 0.29) is 23.2 Å². The van der Waals surface area contributed by atoms with Crippen molar-refractivity contribution in [1.82, 2.24) is 24.8 Å². The lowest BCUT2D eigenvalue weighted by Gasteiger charge is -2.32. The van der Waals surface area contributed by atoms with Gasteiger partial charge in [0, 0.05) is 28.9 Å². The molecule has 1 aliphatic heterocycles. The standard InChI is InChI=1S/C35H46N6O6/c1-19-26-24(28(42)40(19)32(45)47-34(5,6)7)18-25(38-26)22-10-9-11-23-27(22)39-30(41(29(23)43)35(8)16-17-35)36-20-12-14-21(15-13-20)37-31(44)46-33(2,3)4/h9-11,18-21,38H,12-17H2,1-8H3,(H,36,39)(H,37,44)/t19-,20?,21?/m1/s1. The molecule has 3 amide bonds. The molecule has 2 saturated carbocycles. The van der Waals surface area contributed by atoms with Crippen LogP contribution in [0, 0.1) is 0 Å². The Bertz CT molecular complexity index is 1800. The summed E-state index contributed by atoms with van der Waals surface area (Å²) >= 11 is 0. The highest BCUT2D eigenvalue weighted by Gasteiger charge is 2.44. The van der Waals surface area contributed by atoms with Gasteiger partial charge in [-0.2, -0.15) is 0 Å². The molecule has 3 heterocycles. The number of H-pyrrole nitrogens is 1. The molecule has 3 aromatic rings. The minimum absolute atomic E-state index is 0.0217. The predicted molar refractivity (Wildman–Crippen MR) is 179 cm³/mol. The van der Waals surface area contributed by atoms with Crippen LogP contribution in [0.25, 0.3) is 22.2 Å². The molecule has 252 valence electrons. The Labute approximate surface area is 274 Å². The number of rotatable bonds is 5. The van der Waals surface area contributed by atoms with E-state index in [1.807, 2.05) is 37.5 Å². The topological polar surface area (TPSA) is 148 Å². The number of benzene rings is 1. The number of nitrogens with one attached hydrogen (secondary N) is 3. The number of hydrogen-bond donors (Lipinski definition) is 3. The van der Waals surface area contributed by atoms with Crippen molar-refractivity contribution in [3.05, 3.63) is 45.9 Å². The monoisotopic (exact) mass is 646 g/mol. The molecule has 0 bridgehead atoms. The van der Waals surface area contributed by atoms with E-state index < -0.39 is 35.3 Å².